The van der Waals surface area contributed by atoms with Gasteiger partial charge >= 0.3 is 5.97 Å². The number of carbonyl (C=O) groups excluding carboxylic acids is 1. The first kappa shape index (κ1) is 10.1. The number of ether oxygens (including phenoxy) is 1. The number of fused-ring (bicyclic) bond motifs is 1. The van der Waals surface area contributed by atoms with Crippen molar-refractivity contribution in [1.82, 2.24) is 0 Å². The lowest BCUT2D eigenvalue weighted by Crippen LogP contribution is -1.99. The van der Waals surface area contributed by atoms with Crippen molar-refractivity contribution in [2.75, 3.05) is 7.11 Å². The van der Waals surface area contributed by atoms with Crippen molar-refractivity contribution < 1.29 is 13.9 Å². The van der Waals surface area contributed by atoms with Crippen molar-refractivity contribution in [1.29, 1.82) is 0 Å². The molecule has 0 atom stereocenters. The minimum atomic E-state index is -0.421. The molecule has 0 spiro atoms. The summed E-state index contributed by atoms with van der Waals surface area (Å²) in [6.07, 6.45) is 1.39. The molecular weight excluding hydrogens is 216 g/mol. The summed E-state index contributed by atoms with van der Waals surface area (Å²) in [4.78, 5) is 11.4. The Labute approximate surface area is 91.6 Å². The second kappa shape index (κ2) is 3.59. The number of esters is 1. The zero-order chi connectivity index (χ0) is 11.0. The first-order chi connectivity index (χ1) is 7.13. The quantitative estimate of drug-likeness (QED) is 0.699. The molecule has 3 nitrogen and oxygen atoms in total. The van der Waals surface area contributed by atoms with Crippen molar-refractivity contribution in [2.24, 2.45) is 0 Å². The van der Waals surface area contributed by atoms with Gasteiger partial charge < -0.3 is 9.15 Å². The molecule has 2 rings (SSSR count). The van der Waals surface area contributed by atoms with Crippen LogP contribution in [0.15, 0.2) is 22.8 Å². The molecular formula is C11H9ClO3. The molecule has 0 aliphatic heterocycles. The van der Waals surface area contributed by atoms with Gasteiger partial charge in [0.25, 0.3) is 0 Å². The summed E-state index contributed by atoms with van der Waals surface area (Å²) in [6, 6.07) is 3.48. The SMILES string of the molecule is COC(=O)c1coc2c(C)cc(Cl)cc12. The number of benzene rings is 1. The molecule has 0 N–H and O–H groups in total. The van der Waals surface area contributed by atoms with Crippen LogP contribution in [0.1, 0.15) is 15.9 Å². The third kappa shape index (κ3) is 1.59. The van der Waals surface area contributed by atoms with Gasteiger partial charge in [0.05, 0.1) is 7.11 Å². The van der Waals surface area contributed by atoms with Crippen LogP contribution >= 0.6 is 11.6 Å². The number of rotatable bonds is 1. The van der Waals surface area contributed by atoms with Gasteiger partial charge in [-0.2, -0.15) is 0 Å². The van der Waals surface area contributed by atoms with Crippen LogP contribution in [-0.4, -0.2) is 13.1 Å². The van der Waals surface area contributed by atoms with Gasteiger partial charge in [0.2, 0.25) is 0 Å². The fourth-order valence-corrected chi connectivity index (χ4v) is 1.81. The van der Waals surface area contributed by atoms with Crippen LogP contribution in [-0.2, 0) is 4.74 Å². The maximum atomic E-state index is 11.4. The van der Waals surface area contributed by atoms with Gasteiger partial charge in [-0.3, -0.25) is 0 Å². The molecule has 0 saturated heterocycles. The molecule has 0 fully saturated rings. The van der Waals surface area contributed by atoms with Gasteiger partial charge in [-0.15, -0.1) is 0 Å². The van der Waals surface area contributed by atoms with Gasteiger partial charge in [0, 0.05) is 10.4 Å². The van der Waals surface area contributed by atoms with Gasteiger partial charge in [0.15, 0.2) is 0 Å². The number of methoxy groups -OCH3 is 1. The van der Waals surface area contributed by atoms with E-state index in [2.05, 4.69) is 4.74 Å². The number of hydrogen-bond acceptors (Lipinski definition) is 3. The summed E-state index contributed by atoms with van der Waals surface area (Å²) in [5.41, 5.74) is 1.96. The summed E-state index contributed by atoms with van der Waals surface area (Å²) in [5, 5.41) is 1.26. The highest BCUT2D eigenvalue weighted by Crippen LogP contribution is 2.28. The zero-order valence-corrected chi connectivity index (χ0v) is 9.09. The molecule has 1 heterocycles. The second-order valence-corrected chi connectivity index (χ2v) is 3.68. The Hall–Kier alpha value is -1.48. The van der Waals surface area contributed by atoms with E-state index in [1.54, 1.807) is 12.1 Å². The monoisotopic (exact) mass is 224 g/mol. The molecule has 2 aromatic rings. The van der Waals surface area contributed by atoms with E-state index in [1.165, 1.54) is 13.4 Å². The van der Waals surface area contributed by atoms with E-state index in [0.717, 1.165) is 5.56 Å². The Bertz CT molecular complexity index is 528. The number of carbonyl (C=O) groups is 1. The van der Waals surface area contributed by atoms with E-state index < -0.39 is 5.97 Å². The Balaban J connectivity index is 2.74. The number of aryl methyl sites for hydroxylation is 1. The van der Waals surface area contributed by atoms with Crippen LogP contribution < -0.4 is 0 Å². The lowest BCUT2D eigenvalue weighted by Gasteiger charge is -1.98. The Morgan fingerprint density at radius 3 is 2.87 bits per heavy atom. The summed E-state index contributed by atoms with van der Waals surface area (Å²) >= 11 is 5.91. The summed E-state index contributed by atoms with van der Waals surface area (Å²) < 4.78 is 9.94. The van der Waals surface area contributed by atoms with Crippen molar-refractivity contribution in [2.45, 2.75) is 6.92 Å². The molecule has 0 aliphatic carbocycles. The minimum absolute atomic E-state index is 0.401. The Morgan fingerprint density at radius 2 is 2.20 bits per heavy atom. The third-order valence-corrected chi connectivity index (χ3v) is 2.45. The maximum absolute atomic E-state index is 11.4. The van der Waals surface area contributed by atoms with E-state index >= 15 is 0 Å². The molecule has 1 aromatic heterocycles. The van der Waals surface area contributed by atoms with Crippen LogP contribution in [0.5, 0.6) is 0 Å². The number of hydrogen-bond donors (Lipinski definition) is 0. The molecule has 15 heavy (non-hydrogen) atoms. The molecule has 0 amide bonds. The molecule has 0 saturated carbocycles. The molecule has 4 heteroatoms. The lowest BCUT2D eigenvalue weighted by atomic mass is 10.1. The van der Waals surface area contributed by atoms with E-state index in [-0.39, 0.29) is 0 Å². The Kier molecular flexibility index (Phi) is 2.40. The highest BCUT2D eigenvalue weighted by Gasteiger charge is 2.15. The summed E-state index contributed by atoms with van der Waals surface area (Å²) in [5.74, 6) is -0.421. The van der Waals surface area contributed by atoms with Gasteiger partial charge in [-0.25, -0.2) is 4.79 Å². The van der Waals surface area contributed by atoms with E-state index in [1.807, 2.05) is 6.92 Å². The fourth-order valence-electron chi connectivity index (χ4n) is 1.54. The topological polar surface area (TPSA) is 39.4 Å². The van der Waals surface area contributed by atoms with E-state index in [4.69, 9.17) is 16.0 Å². The number of furan rings is 1. The van der Waals surface area contributed by atoms with Crippen LogP contribution in [0, 0.1) is 6.92 Å². The summed E-state index contributed by atoms with van der Waals surface area (Å²) in [7, 11) is 1.33. The van der Waals surface area contributed by atoms with Crippen molar-refractivity contribution in [3.63, 3.8) is 0 Å². The van der Waals surface area contributed by atoms with Crippen LogP contribution in [0.25, 0.3) is 11.0 Å². The van der Waals surface area contributed by atoms with Crippen molar-refractivity contribution >= 4 is 28.5 Å². The summed E-state index contributed by atoms with van der Waals surface area (Å²) in [6.45, 7) is 1.87. The molecule has 0 aliphatic rings. The van der Waals surface area contributed by atoms with Crippen LogP contribution in [0.2, 0.25) is 5.02 Å². The first-order valence-corrected chi connectivity index (χ1v) is 4.77. The third-order valence-electron chi connectivity index (χ3n) is 2.23. The van der Waals surface area contributed by atoms with E-state index in [0.29, 0.717) is 21.6 Å². The average Bonchev–Trinajstić information content (AvgIpc) is 2.60. The van der Waals surface area contributed by atoms with Gasteiger partial charge in [-0.05, 0) is 24.6 Å². The molecule has 0 unspecified atom stereocenters. The van der Waals surface area contributed by atoms with Crippen LogP contribution in [0.4, 0.5) is 0 Å². The van der Waals surface area contributed by atoms with Gasteiger partial charge in [-0.1, -0.05) is 11.6 Å². The maximum Gasteiger partial charge on any atom is 0.341 e. The first-order valence-electron chi connectivity index (χ1n) is 4.39. The molecule has 1 aromatic carbocycles. The van der Waals surface area contributed by atoms with Crippen molar-refractivity contribution in [3.8, 4) is 0 Å². The molecule has 0 radical (unpaired) electrons. The largest absolute Gasteiger partial charge is 0.465 e. The highest BCUT2D eigenvalue weighted by atomic mass is 35.5. The predicted octanol–water partition coefficient (Wildman–Crippen LogP) is 3.18. The highest BCUT2D eigenvalue weighted by molar-refractivity contribution is 6.31. The normalized spacial score (nSPS) is 10.6. The smallest absolute Gasteiger partial charge is 0.341 e. The standard InChI is InChI=1S/C11H9ClO3/c1-6-3-7(12)4-8-9(11(13)14-2)5-15-10(6)8/h3-5H,1-2H3. The zero-order valence-electron chi connectivity index (χ0n) is 8.33. The predicted molar refractivity (Wildman–Crippen MR) is 57.3 cm³/mol. The second-order valence-electron chi connectivity index (χ2n) is 3.24. The van der Waals surface area contributed by atoms with Crippen LogP contribution in [0.3, 0.4) is 0 Å². The molecule has 0 bridgehead atoms. The van der Waals surface area contributed by atoms with Gasteiger partial charge in [0.1, 0.15) is 17.4 Å². The lowest BCUT2D eigenvalue weighted by molar-refractivity contribution is 0.0602. The molecule has 78 valence electrons. The van der Waals surface area contributed by atoms with Crippen molar-refractivity contribution in [3.05, 3.63) is 34.5 Å². The average molecular weight is 225 g/mol. The number of halogens is 1. The Morgan fingerprint density at radius 1 is 1.47 bits per heavy atom. The van der Waals surface area contributed by atoms with E-state index in [9.17, 15) is 4.79 Å². The fraction of sp³-hybridized carbons (Fsp3) is 0.182. The minimum Gasteiger partial charge on any atom is -0.465 e.